The molecule has 0 radical (unpaired) electrons. The number of allylic oxidation sites excluding steroid dienone is 1. The fourth-order valence-corrected chi connectivity index (χ4v) is 3.77. The second-order valence-electron chi connectivity index (χ2n) is 7.58. The molecular weight excluding hydrogens is 442 g/mol. The van der Waals surface area contributed by atoms with E-state index in [9.17, 15) is 19.7 Å². The Morgan fingerprint density at radius 2 is 1.76 bits per heavy atom. The van der Waals surface area contributed by atoms with Crippen LogP contribution in [0.3, 0.4) is 0 Å². The van der Waals surface area contributed by atoms with E-state index in [0.29, 0.717) is 44.1 Å². The highest BCUT2D eigenvalue weighted by atomic mass is 16.6. The summed E-state index contributed by atoms with van der Waals surface area (Å²) in [6.07, 6.45) is 2.16. The zero-order chi connectivity index (χ0) is 24.7. The van der Waals surface area contributed by atoms with Crippen molar-refractivity contribution in [3.63, 3.8) is 0 Å². The first-order valence-electron chi connectivity index (χ1n) is 10.7. The van der Waals surface area contributed by atoms with Crippen molar-refractivity contribution >= 4 is 23.3 Å². The van der Waals surface area contributed by atoms with E-state index in [-0.39, 0.29) is 23.8 Å². The maximum absolute atomic E-state index is 12.6. The number of nitrogens with zero attached hydrogens (tertiary/aromatic N) is 3. The third-order valence-corrected chi connectivity index (χ3v) is 5.54. The predicted molar refractivity (Wildman–Crippen MR) is 126 cm³/mol. The fourth-order valence-electron chi connectivity index (χ4n) is 3.77. The Hall–Kier alpha value is -4.08. The standard InChI is InChI=1S/C24H27N3O7/c1-4-5-17-14-18(15-21(32-2)23(17)33-3)24(29)34-16-22(28)26-12-10-25(11-13-26)19-6-8-20(9-7-19)27(30)31/h4,6-9,14-15H,1,5,10-13,16H2,2-3H3. The molecular formula is C24H27N3O7. The lowest BCUT2D eigenvalue weighted by Crippen LogP contribution is -2.49. The number of methoxy groups -OCH3 is 2. The number of amides is 1. The maximum Gasteiger partial charge on any atom is 0.338 e. The molecule has 0 atom stereocenters. The Bertz CT molecular complexity index is 1060. The van der Waals surface area contributed by atoms with E-state index < -0.39 is 10.9 Å². The monoisotopic (exact) mass is 469 g/mol. The van der Waals surface area contributed by atoms with Crippen LogP contribution in [0.25, 0.3) is 0 Å². The van der Waals surface area contributed by atoms with E-state index in [4.69, 9.17) is 14.2 Å². The molecule has 1 heterocycles. The molecule has 3 rings (SSSR count). The summed E-state index contributed by atoms with van der Waals surface area (Å²) in [5.41, 5.74) is 1.86. The van der Waals surface area contributed by atoms with Crippen molar-refractivity contribution in [3.05, 3.63) is 70.3 Å². The molecule has 10 nitrogen and oxygen atoms in total. The first-order chi connectivity index (χ1) is 16.4. The summed E-state index contributed by atoms with van der Waals surface area (Å²) in [6.45, 7) is 5.38. The van der Waals surface area contributed by atoms with Gasteiger partial charge in [0.15, 0.2) is 18.1 Å². The van der Waals surface area contributed by atoms with Crippen LogP contribution in [0.5, 0.6) is 11.5 Å². The number of nitro groups is 1. The summed E-state index contributed by atoms with van der Waals surface area (Å²) < 4.78 is 16.0. The van der Waals surface area contributed by atoms with Crippen molar-refractivity contribution in [1.82, 2.24) is 4.90 Å². The highest BCUT2D eigenvalue weighted by Crippen LogP contribution is 2.33. The van der Waals surface area contributed by atoms with Crippen LogP contribution in [0.1, 0.15) is 15.9 Å². The van der Waals surface area contributed by atoms with E-state index in [2.05, 4.69) is 6.58 Å². The van der Waals surface area contributed by atoms with Crippen LogP contribution in [0.4, 0.5) is 11.4 Å². The van der Waals surface area contributed by atoms with Crippen molar-refractivity contribution in [2.75, 3.05) is 51.9 Å². The second kappa shape index (κ2) is 11.2. The van der Waals surface area contributed by atoms with E-state index in [1.807, 2.05) is 4.90 Å². The van der Waals surface area contributed by atoms with E-state index >= 15 is 0 Å². The lowest BCUT2D eigenvalue weighted by atomic mass is 10.1. The van der Waals surface area contributed by atoms with E-state index in [0.717, 1.165) is 11.3 Å². The summed E-state index contributed by atoms with van der Waals surface area (Å²) in [7, 11) is 2.99. The number of carbonyl (C=O) groups excluding carboxylic acids is 2. The van der Waals surface area contributed by atoms with Crippen LogP contribution < -0.4 is 14.4 Å². The van der Waals surface area contributed by atoms with Gasteiger partial charge in [-0.3, -0.25) is 14.9 Å². The zero-order valence-corrected chi connectivity index (χ0v) is 19.2. The maximum atomic E-state index is 12.6. The highest BCUT2D eigenvalue weighted by molar-refractivity contribution is 5.92. The summed E-state index contributed by atoms with van der Waals surface area (Å²) in [5.74, 6) is -0.0176. The normalized spacial score (nSPS) is 13.2. The molecule has 0 bridgehead atoms. The summed E-state index contributed by atoms with van der Waals surface area (Å²) in [6, 6.07) is 9.46. The molecule has 0 aromatic heterocycles. The van der Waals surface area contributed by atoms with Gasteiger partial charge in [0.2, 0.25) is 0 Å². The average Bonchev–Trinajstić information content (AvgIpc) is 2.86. The minimum absolute atomic E-state index is 0.0328. The van der Waals surface area contributed by atoms with Crippen LogP contribution in [-0.4, -0.2) is 68.7 Å². The van der Waals surface area contributed by atoms with Crippen LogP contribution >= 0.6 is 0 Å². The van der Waals surface area contributed by atoms with Gasteiger partial charge < -0.3 is 24.0 Å². The lowest BCUT2D eigenvalue weighted by molar-refractivity contribution is -0.384. The van der Waals surface area contributed by atoms with E-state index in [1.54, 1.807) is 29.2 Å². The zero-order valence-electron chi connectivity index (χ0n) is 19.2. The number of non-ortho nitro benzene ring substituents is 1. The molecule has 1 fully saturated rings. The SMILES string of the molecule is C=CCc1cc(C(=O)OCC(=O)N2CCN(c3ccc([N+](=O)[O-])cc3)CC2)cc(OC)c1OC. The van der Waals surface area contributed by atoms with Gasteiger partial charge in [0.25, 0.3) is 11.6 Å². The third kappa shape index (κ3) is 5.64. The smallest absolute Gasteiger partial charge is 0.338 e. The second-order valence-corrected chi connectivity index (χ2v) is 7.58. The molecule has 0 spiro atoms. The van der Waals surface area contributed by atoms with Crippen molar-refractivity contribution in [2.24, 2.45) is 0 Å². The number of carbonyl (C=O) groups is 2. The molecule has 2 aromatic carbocycles. The molecule has 0 saturated carbocycles. The van der Waals surface area contributed by atoms with Crippen LogP contribution in [0.2, 0.25) is 0 Å². The molecule has 34 heavy (non-hydrogen) atoms. The van der Waals surface area contributed by atoms with Gasteiger partial charge in [-0.25, -0.2) is 4.79 Å². The molecule has 0 aliphatic carbocycles. The molecule has 0 N–H and O–H groups in total. The number of benzene rings is 2. The fraction of sp³-hybridized carbons (Fsp3) is 0.333. The Kier molecular flexibility index (Phi) is 8.07. The Balaban J connectivity index is 1.56. The highest BCUT2D eigenvalue weighted by Gasteiger charge is 2.23. The van der Waals surface area contributed by atoms with Gasteiger partial charge >= 0.3 is 5.97 Å². The topological polar surface area (TPSA) is 111 Å². The number of anilines is 1. The average molecular weight is 469 g/mol. The minimum atomic E-state index is -0.635. The number of piperazine rings is 1. The third-order valence-electron chi connectivity index (χ3n) is 5.54. The lowest BCUT2D eigenvalue weighted by Gasteiger charge is -2.36. The Morgan fingerprint density at radius 1 is 1.09 bits per heavy atom. The molecule has 1 saturated heterocycles. The van der Waals surface area contributed by atoms with Gasteiger partial charge in [-0.1, -0.05) is 6.08 Å². The summed E-state index contributed by atoms with van der Waals surface area (Å²) in [5, 5.41) is 10.8. The number of hydrogen-bond donors (Lipinski definition) is 0. The summed E-state index contributed by atoms with van der Waals surface area (Å²) in [4.78, 5) is 39.2. The quantitative estimate of drug-likeness (QED) is 0.239. The number of nitro benzene ring substituents is 1. The van der Waals surface area contributed by atoms with Gasteiger partial charge in [0, 0.05) is 49.6 Å². The molecule has 1 aliphatic rings. The van der Waals surface area contributed by atoms with Gasteiger partial charge in [-0.15, -0.1) is 6.58 Å². The number of ether oxygens (including phenoxy) is 3. The molecule has 2 aromatic rings. The minimum Gasteiger partial charge on any atom is -0.493 e. The van der Waals surface area contributed by atoms with Crippen LogP contribution in [0.15, 0.2) is 49.1 Å². The first kappa shape index (κ1) is 24.6. The van der Waals surface area contributed by atoms with Crippen LogP contribution in [0, 0.1) is 10.1 Å². The Morgan fingerprint density at radius 3 is 2.32 bits per heavy atom. The van der Waals surface area contributed by atoms with Crippen molar-refractivity contribution in [3.8, 4) is 11.5 Å². The largest absolute Gasteiger partial charge is 0.493 e. The number of esters is 1. The van der Waals surface area contributed by atoms with Gasteiger partial charge in [-0.2, -0.15) is 0 Å². The van der Waals surface area contributed by atoms with Gasteiger partial charge in [-0.05, 0) is 30.7 Å². The van der Waals surface area contributed by atoms with Gasteiger partial charge in [0.1, 0.15) is 0 Å². The van der Waals surface area contributed by atoms with E-state index in [1.165, 1.54) is 32.4 Å². The Labute approximate surface area is 197 Å². The van der Waals surface area contributed by atoms with Crippen LogP contribution in [-0.2, 0) is 16.0 Å². The molecule has 180 valence electrons. The molecule has 1 aliphatic heterocycles. The molecule has 0 unspecified atom stereocenters. The van der Waals surface area contributed by atoms with Gasteiger partial charge in [0.05, 0.1) is 24.7 Å². The first-order valence-corrected chi connectivity index (χ1v) is 10.7. The van der Waals surface area contributed by atoms with Crippen molar-refractivity contribution in [2.45, 2.75) is 6.42 Å². The van der Waals surface area contributed by atoms with Crippen molar-refractivity contribution in [1.29, 1.82) is 0 Å². The molecule has 10 heteroatoms. The number of hydrogen-bond acceptors (Lipinski definition) is 8. The molecule has 1 amide bonds. The van der Waals surface area contributed by atoms with Crippen molar-refractivity contribution < 1.29 is 28.7 Å². The predicted octanol–water partition coefficient (Wildman–Crippen LogP) is 2.85. The summed E-state index contributed by atoms with van der Waals surface area (Å²) >= 11 is 0. The number of rotatable bonds is 9.